The van der Waals surface area contributed by atoms with Gasteiger partial charge in [0.1, 0.15) is 0 Å². The van der Waals surface area contributed by atoms with Gasteiger partial charge in [0, 0.05) is 5.56 Å². The molecule has 0 fully saturated rings. The molecule has 0 bridgehead atoms. The third-order valence-corrected chi connectivity index (χ3v) is 1.89. The number of carbonyl (C=O) groups excluding carboxylic acids is 1. The molecule has 0 aromatic heterocycles. The number of benzene rings is 1. The number of hydrogen-bond donors (Lipinski definition) is 0. The molecule has 0 heterocycles. The van der Waals surface area contributed by atoms with Crippen molar-refractivity contribution in [2.45, 2.75) is 13.3 Å². The maximum Gasteiger partial charge on any atom is 0.313 e. The lowest BCUT2D eigenvalue weighted by Gasteiger charge is -2.10. The van der Waals surface area contributed by atoms with Gasteiger partial charge in [-0.25, -0.2) is 10.1 Å². The van der Waals surface area contributed by atoms with Crippen LogP contribution in [0.15, 0.2) is 30.3 Å². The van der Waals surface area contributed by atoms with Crippen LogP contribution in [0.1, 0.15) is 23.7 Å². The van der Waals surface area contributed by atoms with E-state index >= 15 is 0 Å². The first-order chi connectivity index (χ1) is 7.16. The topological polar surface area (TPSA) is 63.5 Å². The molecule has 0 unspecified atom stereocenters. The molecule has 0 aliphatic rings. The van der Waals surface area contributed by atoms with Crippen molar-refractivity contribution in [2.24, 2.45) is 0 Å². The van der Waals surface area contributed by atoms with E-state index in [1.165, 1.54) is 0 Å². The highest BCUT2D eigenvalue weighted by Gasteiger charge is 2.23. The molecular weight excluding hydrogens is 196 g/mol. The van der Waals surface area contributed by atoms with Crippen molar-refractivity contribution in [1.82, 2.24) is 5.01 Å². The molecule has 0 saturated heterocycles. The van der Waals surface area contributed by atoms with Crippen LogP contribution in [-0.4, -0.2) is 22.5 Å². The van der Waals surface area contributed by atoms with Crippen LogP contribution in [-0.2, 0) is 0 Å². The Bertz CT molecular complexity index is 351. The van der Waals surface area contributed by atoms with Crippen LogP contribution in [0.5, 0.6) is 0 Å². The molecule has 1 rings (SSSR count). The first kappa shape index (κ1) is 11.2. The average molecular weight is 208 g/mol. The summed E-state index contributed by atoms with van der Waals surface area (Å²) >= 11 is 0. The van der Waals surface area contributed by atoms with E-state index in [0.717, 1.165) is 0 Å². The smallest absolute Gasteiger partial charge is 0.263 e. The Labute approximate surface area is 87.4 Å². The summed E-state index contributed by atoms with van der Waals surface area (Å²) in [6.45, 7) is 1.91. The maximum atomic E-state index is 11.7. The van der Waals surface area contributed by atoms with Crippen molar-refractivity contribution in [1.29, 1.82) is 0 Å². The lowest BCUT2D eigenvalue weighted by atomic mass is 10.2. The van der Waals surface area contributed by atoms with Crippen LogP contribution >= 0.6 is 0 Å². The first-order valence-electron chi connectivity index (χ1n) is 4.68. The molecular formula is C10H12N2O3. The number of carbonyl (C=O) groups is 1. The first-order valence-corrected chi connectivity index (χ1v) is 4.68. The fourth-order valence-electron chi connectivity index (χ4n) is 1.20. The van der Waals surface area contributed by atoms with E-state index < -0.39 is 10.9 Å². The Morgan fingerprint density at radius 1 is 1.40 bits per heavy atom. The lowest BCUT2D eigenvalue weighted by Crippen LogP contribution is -2.36. The monoisotopic (exact) mass is 208 g/mol. The molecule has 0 spiro atoms. The maximum absolute atomic E-state index is 11.7. The highest BCUT2D eigenvalue weighted by molar-refractivity contribution is 5.93. The number of rotatable bonds is 4. The van der Waals surface area contributed by atoms with Gasteiger partial charge in [-0.2, -0.15) is 0 Å². The third kappa shape index (κ3) is 2.77. The second-order valence-electron chi connectivity index (χ2n) is 3.03. The minimum Gasteiger partial charge on any atom is -0.263 e. The van der Waals surface area contributed by atoms with Crippen molar-refractivity contribution in [3.8, 4) is 0 Å². The van der Waals surface area contributed by atoms with E-state index in [1.807, 2.05) is 0 Å². The number of nitrogens with zero attached hydrogens (tertiary/aromatic N) is 2. The number of hydrogen-bond acceptors (Lipinski definition) is 3. The van der Waals surface area contributed by atoms with E-state index in [1.54, 1.807) is 37.3 Å². The summed E-state index contributed by atoms with van der Waals surface area (Å²) in [6.07, 6.45) is 0.555. The van der Waals surface area contributed by atoms with Gasteiger partial charge < -0.3 is 0 Å². The second kappa shape index (κ2) is 5.09. The molecule has 0 radical (unpaired) electrons. The number of amides is 1. The van der Waals surface area contributed by atoms with Gasteiger partial charge in [-0.15, -0.1) is 0 Å². The van der Waals surface area contributed by atoms with E-state index in [9.17, 15) is 14.9 Å². The Kier molecular flexibility index (Phi) is 3.79. The van der Waals surface area contributed by atoms with Crippen LogP contribution in [0, 0.1) is 10.1 Å². The van der Waals surface area contributed by atoms with Gasteiger partial charge in [-0.3, -0.25) is 4.79 Å². The highest BCUT2D eigenvalue weighted by Crippen LogP contribution is 2.05. The van der Waals surface area contributed by atoms with Crippen LogP contribution in [0.3, 0.4) is 0 Å². The highest BCUT2D eigenvalue weighted by atomic mass is 16.7. The van der Waals surface area contributed by atoms with Crippen LogP contribution in [0.25, 0.3) is 0 Å². The van der Waals surface area contributed by atoms with E-state index in [-0.39, 0.29) is 6.54 Å². The molecule has 5 heteroatoms. The van der Waals surface area contributed by atoms with Gasteiger partial charge in [0.2, 0.25) is 0 Å². The van der Waals surface area contributed by atoms with Crippen molar-refractivity contribution in [2.75, 3.05) is 6.54 Å². The van der Waals surface area contributed by atoms with Crippen LogP contribution in [0.4, 0.5) is 0 Å². The second-order valence-corrected chi connectivity index (χ2v) is 3.03. The minimum atomic E-state index is -0.668. The minimum absolute atomic E-state index is 0.126. The van der Waals surface area contributed by atoms with Gasteiger partial charge in [-0.1, -0.05) is 30.1 Å². The molecule has 1 aromatic carbocycles. The van der Waals surface area contributed by atoms with Gasteiger partial charge in [0.05, 0.1) is 6.54 Å². The normalized spacial score (nSPS) is 9.67. The molecule has 0 N–H and O–H groups in total. The van der Waals surface area contributed by atoms with Gasteiger partial charge in [0.15, 0.2) is 5.03 Å². The quantitative estimate of drug-likeness (QED) is 0.559. The van der Waals surface area contributed by atoms with Gasteiger partial charge in [0.25, 0.3) is 0 Å². The molecule has 15 heavy (non-hydrogen) atoms. The van der Waals surface area contributed by atoms with Crippen molar-refractivity contribution in [3.05, 3.63) is 46.0 Å². The molecule has 0 saturated carbocycles. The number of nitro groups is 1. The van der Waals surface area contributed by atoms with Gasteiger partial charge >= 0.3 is 5.91 Å². The Hall–Kier alpha value is -1.91. The molecule has 0 atom stereocenters. The Balaban J connectivity index is 2.86. The summed E-state index contributed by atoms with van der Waals surface area (Å²) in [6, 6.07) is 8.24. The standard InChI is InChI=1S/C10H12N2O3/c1-2-8-11(12(14)15)10(13)9-6-4-3-5-7-9/h3-7H,2,8H2,1H3. The summed E-state index contributed by atoms with van der Waals surface area (Å²) in [5, 5.41) is 10.6. The largest absolute Gasteiger partial charge is 0.313 e. The Morgan fingerprint density at radius 3 is 2.47 bits per heavy atom. The summed E-state index contributed by atoms with van der Waals surface area (Å²) in [7, 11) is 0. The van der Waals surface area contributed by atoms with E-state index in [4.69, 9.17) is 0 Å². The SMILES string of the molecule is CCCN(C(=O)c1ccccc1)[N+](=O)[O-]. The predicted octanol–water partition coefficient (Wildman–Crippen LogP) is 1.73. The predicted molar refractivity (Wildman–Crippen MR) is 54.8 cm³/mol. The summed E-state index contributed by atoms with van der Waals surface area (Å²) in [5.41, 5.74) is 0.336. The fraction of sp³-hybridized carbons (Fsp3) is 0.300. The van der Waals surface area contributed by atoms with E-state index in [2.05, 4.69) is 0 Å². The zero-order chi connectivity index (χ0) is 11.3. The summed E-state index contributed by atoms with van der Waals surface area (Å²) in [4.78, 5) is 22.3. The zero-order valence-corrected chi connectivity index (χ0v) is 8.42. The molecule has 5 nitrogen and oxygen atoms in total. The van der Waals surface area contributed by atoms with Crippen molar-refractivity contribution >= 4 is 5.91 Å². The zero-order valence-electron chi connectivity index (χ0n) is 8.42. The molecule has 80 valence electrons. The third-order valence-electron chi connectivity index (χ3n) is 1.89. The fourth-order valence-corrected chi connectivity index (χ4v) is 1.20. The lowest BCUT2D eigenvalue weighted by molar-refractivity contribution is -0.632. The van der Waals surface area contributed by atoms with Crippen molar-refractivity contribution in [3.63, 3.8) is 0 Å². The average Bonchev–Trinajstić information content (AvgIpc) is 2.26. The van der Waals surface area contributed by atoms with E-state index in [0.29, 0.717) is 17.0 Å². The Morgan fingerprint density at radius 2 is 2.00 bits per heavy atom. The van der Waals surface area contributed by atoms with Crippen LogP contribution in [0.2, 0.25) is 0 Å². The number of hydrazine groups is 1. The molecule has 0 aliphatic carbocycles. The summed E-state index contributed by atoms with van der Waals surface area (Å²) in [5.74, 6) is -0.567. The molecule has 0 aliphatic heterocycles. The van der Waals surface area contributed by atoms with Gasteiger partial charge in [-0.05, 0) is 18.6 Å². The molecule has 1 aromatic rings. The summed E-state index contributed by atoms with van der Waals surface area (Å²) < 4.78 is 0. The van der Waals surface area contributed by atoms with Crippen molar-refractivity contribution < 1.29 is 9.83 Å². The van der Waals surface area contributed by atoms with Crippen LogP contribution < -0.4 is 0 Å². The molecule has 1 amide bonds.